The predicted molar refractivity (Wildman–Crippen MR) is 110 cm³/mol. The lowest BCUT2D eigenvalue weighted by Gasteiger charge is -2.18. The van der Waals surface area contributed by atoms with E-state index >= 15 is 0 Å². The van der Waals surface area contributed by atoms with E-state index in [4.69, 9.17) is 24.3 Å². The van der Waals surface area contributed by atoms with Gasteiger partial charge in [-0.25, -0.2) is 14.6 Å². The van der Waals surface area contributed by atoms with Gasteiger partial charge >= 0.3 is 0 Å². The molecule has 2 bridgehead atoms. The number of aryl methyl sites for hydroxylation is 2. The molecule has 0 aliphatic carbocycles. The lowest BCUT2D eigenvalue weighted by atomic mass is 9.88. The monoisotopic (exact) mass is 409 g/mol. The van der Waals surface area contributed by atoms with Crippen LogP contribution in [-0.2, 0) is 24.1 Å². The first-order chi connectivity index (χ1) is 14.7. The van der Waals surface area contributed by atoms with Gasteiger partial charge in [-0.05, 0) is 37.0 Å². The van der Waals surface area contributed by atoms with E-state index < -0.39 is 0 Å². The Balaban J connectivity index is 1.40. The third kappa shape index (κ3) is 3.67. The van der Waals surface area contributed by atoms with Crippen LogP contribution in [0.15, 0.2) is 30.7 Å². The summed E-state index contributed by atoms with van der Waals surface area (Å²) in [4.78, 5) is 12.3. The van der Waals surface area contributed by atoms with Crippen molar-refractivity contribution < 1.29 is 14.2 Å². The van der Waals surface area contributed by atoms with Gasteiger partial charge in [0.1, 0.15) is 5.82 Å². The highest BCUT2D eigenvalue weighted by Gasteiger charge is 2.43. The molecule has 0 unspecified atom stereocenters. The Kier molecular flexibility index (Phi) is 5.16. The molecule has 0 radical (unpaired) electrons. The topological polar surface area (TPSA) is 87.1 Å². The van der Waals surface area contributed by atoms with Crippen molar-refractivity contribution in [2.45, 2.75) is 56.8 Å². The van der Waals surface area contributed by atoms with Crippen LogP contribution >= 0.6 is 0 Å². The highest BCUT2D eigenvalue weighted by Crippen LogP contribution is 2.44. The fourth-order valence-corrected chi connectivity index (χ4v) is 4.65. The maximum atomic E-state index is 6.10. The fourth-order valence-electron chi connectivity index (χ4n) is 4.65. The van der Waals surface area contributed by atoms with E-state index in [1.54, 1.807) is 20.5 Å². The SMILES string of the molecule is COc1ccc(Cc2nc([C@@H]3C[C@@H]4CC[C@H]3O4)n(CCc3cnc[nH]3)n2)cc1OC. The van der Waals surface area contributed by atoms with Crippen molar-refractivity contribution in [1.29, 1.82) is 0 Å². The number of H-pyrrole nitrogens is 1. The normalized spacial score (nSPS) is 22.5. The van der Waals surface area contributed by atoms with E-state index in [2.05, 4.69) is 14.6 Å². The summed E-state index contributed by atoms with van der Waals surface area (Å²) >= 11 is 0. The number of nitrogens with one attached hydrogen (secondary N) is 1. The van der Waals surface area contributed by atoms with Crippen molar-refractivity contribution in [3.05, 3.63) is 53.6 Å². The molecule has 30 heavy (non-hydrogen) atoms. The second-order valence-corrected chi connectivity index (χ2v) is 8.02. The second kappa shape index (κ2) is 8.10. The highest BCUT2D eigenvalue weighted by atomic mass is 16.5. The number of hydrogen-bond donors (Lipinski definition) is 1. The lowest BCUT2D eigenvalue weighted by molar-refractivity contribution is 0.0994. The van der Waals surface area contributed by atoms with Gasteiger partial charge in [0.15, 0.2) is 17.3 Å². The number of ether oxygens (including phenoxy) is 3. The van der Waals surface area contributed by atoms with Gasteiger partial charge in [0.2, 0.25) is 0 Å². The van der Waals surface area contributed by atoms with E-state index in [-0.39, 0.29) is 6.10 Å². The lowest BCUT2D eigenvalue weighted by Crippen LogP contribution is -2.20. The van der Waals surface area contributed by atoms with E-state index in [1.165, 1.54) is 6.42 Å². The van der Waals surface area contributed by atoms with Crippen LogP contribution in [0.25, 0.3) is 0 Å². The van der Waals surface area contributed by atoms with Gasteiger partial charge < -0.3 is 19.2 Å². The average Bonchev–Trinajstić information content (AvgIpc) is 3.56. The molecule has 3 atom stereocenters. The minimum atomic E-state index is 0.277. The summed E-state index contributed by atoms with van der Waals surface area (Å²) in [6, 6.07) is 5.95. The van der Waals surface area contributed by atoms with Crippen LogP contribution in [0.2, 0.25) is 0 Å². The molecular weight excluding hydrogens is 382 g/mol. The molecule has 0 saturated carbocycles. The predicted octanol–water partition coefficient (Wildman–Crippen LogP) is 2.89. The summed E-state index contributed by atoms with van der Waals surface area (Å²) in [5.74, 6) is 3.65. The Hall–Kier alpha value is -2.87. The van der Waals surface area contributed by atoms with Gasteiger partial charge in [-0.1, -0.05) is 6.07 Å². The fraction of sp³-hybridized carbons (Fsp3) is 0.500. The van der Waals surface area contributed by atoms with Gasteiger partial charge in [0.05, 0.1) is 32.8 Å². The largest absolute Gasteiger partial charge is 0.493 e. The third-order valence-electron chi connectivity index (χ3n) is 6.14. The van der Waals surface area contributed by atoms with Gasteiger partial charge in [0.25, 0.3) is 0 Å². The van der Waals surface area contributed by atoms with Crippen LogP contribution in [0.5, 0.6) is 11.5 Å². The molecule has 1 aromatic carbocycles. The Morgan fingerprint density at radius 2 is 2.10 bits per heavy atom. The number of aromatic nitrogens is 5. The number of rotatable bonds is 8. The van der Waals surface area contributed by atoms with Crippen molar-refractivity contribution in [3.8, 4) is 11.5 Å². The molecule has 0 amide bonds. The minimum absolute atomic E-state index is 0.277. The van der Waals surface area contributed by atoms with Gasteiger partial charge in [0, 0.05) is 37.2 Å². The second-order valence-electron chi connectivity index (χ2n) is 8.02. The Morgan fingerprint density at radius 3 is 2.80 bits per heavy atom. The summed E-state index contributed by atoms with van der Waals surface area (Å²) in [6.07, 6.45) is 9.05. The molecule has 2 aromatic heterocycles. The molecule has 2 aliphatic rings. The van der Waals surface area contributed by atoms with Crippen LogP contribution < -0.4 is 9.47 Å². The van der Waals surface area contributed by atoms with Crippen LogP contribution in [0.1, 0.15) is 48.1 Å². The maximum absolute atomic E-state index is 6.10. The van der Waals surface area contributed by atoms with E-state index in [0.29, 0.717) is 18.4 Å². The van der Waals surface area contributed by atoms with E-state index in [1.807, 2.05) is 24.4 Å². The molecule has 0 spiro atoms. The van der Waals surface area contributed by atoms with Crippen LogP contribution in [0, 0.1) is 0 Å². The molecule has 158 valence electrons. The summed E-state index contributed by atoms with van der Waals surface area (Å²) in [5, 5.41) is 4.87. The molecule has 2 aliphatic heterocycles. The van der Waals surface area contributed by atoms with Crippen LogP contribution in [0.4, 0.5) is 0 Å². The molecule has 8 heteroatoms. The molecule has 5 rings (SSSR count). The summed E-state index contributed by atoms with van der Waals surface area (Å²) in [7, 11) is 3.29. The van der Waals surface area contributed by atoms with Crippen molar-refractivity contribution in [1.82, 2.24) is 24.7 Å². The van der Waals surface area contributed by atoms with Gasteiger partial charge in [-0.2, -0.15) is 5.10 Å². The molecule has 2 saturated heterocycles. The minimum Gasteiger partial charge on any atom is -0.493 e. The smallest absolute Gasteiger partial charge is 0.161 e. The molecule has 8 nitrogen and oxygen atoms in total. The molecule has 3 aromatic rings. The number of hydrogen-bond acceptors (Lipinski definition) is 6. The van der Waals surface area contributed by atoms with Gasteiger partial charge in [-0.3, -0.25) is 0 Å². The first-order valence-corrected chi connectivity index (χ1v) is 10.5. The number of methoxy groups -OCH3 is 2. The number of aromatic amines is 1. The van der Waals surface area contributed by atoms with E-state index in [9.17, 15) is 0 Å². The zero-order valence-corrected chi connectivity index (χ0v) is 17.4. The van der Waals surface area contributed by atoms with Crippen molar-refractivity contribution in [2.75, 3.05) is 14.2 Å². The molecule has 4 heterocycles. The number of imidazole rings is 1. The highest BCUT2D eigenvalue weighted by molar-refractivity contribution is 5.43. The van der Waals surface area contributed by atoms with Crippen molar-refractivity contribution in [3.63, 3.8) is 0 Å². The summed E-state index contributed by atoms with van der Waals surface area (Å²) in [6.45, 7) is 0.768. The summed E-state index contributed by atoms with van der Waals surface area (Å²) in [5.41, 5.74) is 2.19. The summed E-state index contributed by atoms with van der Waals surface area (Å²) < 4.78 is 19.0. The standard InChI is InChI=1S/C22H27N5O3/c1-28-19-5-3-14(9-20(19)29-2)10-21-25-22(17-11-16-4-6-18(17)30-16)27(26-21)8-7-15-12-23-13-24-15/h3,5,9,12-13,16-18H,4,6-8,10-11H2,1-2H3,(H,23,24)/t16-,17+,18+/m0/s1. The molecule has 2 fully saturated rings. The third-order valence-corrected chi connectivity index (χ3v) is 6.14. The Labute approximate surface area is 175 Å². The van der Waals surface area contributed by atoms with E-state index in [0.717, 1.165) is 60.2 Å². The Morgan fingerprint density at radius 1 is 1.20 bits per heavy atom. The number of fused-ring (bicyclic) bond motifs is 2. The van der Waals surface area contributed by atoms with Crippen LogP contribution in [0.3, 0.4) is 0 Å². The number of nitrogens with zero attached hydrogens (tertiary/aromatic N) is 4. The van der Waals surface area contributed by atoms with Gasteiger partial charge in [-0.15, -0.1) is 0 Å². The molecule has 1 N–H and O–H groups in total. The Bertz CT molecular complexity index is 1000. The maximum Gasteiger partial charge on any atom is 0.161 e. The zero-order valence-electron chi connectivity index (χ0n) is 17.4. The van der Waals surface area contributed by atoms with Crippen molar-refractivity contribution >= 4 is 0 Å². The zero-order chi connectivity index (χ0) is 20.5. The first-order valence-electron chi connectivity index (χ1n) is 10.5. The van der Waals surface area contributed by atoms with Crippen LogP contribution in [-0.4, -0.2) is 51.2 Å². The molecular formula is C22H27N5O3. The number of benzene rings is 1. The van der Waals surface area contributed by atoms with Crippen molar-refractivity contribution in [2.24, 2.45) is 0 Å². The first kappa shape index (κ1) is 19.1. The quantitative estimate of drug-likeness (QED) is 0.616. The average molecular weight is 409 g/mol.